The Morgan fingerprint density at radius 2 is 0.410 bits per heavy atom. The zero-order valence-electron chi connectivity index (χ0n) is 67.1. The fourth-order valence-corrected chi connectivity index (χ4v) is 13.7. The summed E-state index contributed by atoms with van der Waals surface area (Å²) in [5.41, 5.74) is 0. The van der Waals surface area contributed by atoms with Gasteiger partial charge in [0.2, 0.25) is 34.7 Å². The maximum absolute atomic E-state index is 14.6. The van der Waals surface area contributed by atoms with E-state index in [9.17, 15) is 28.8 Å². The molecule has 0 amide bonds. The Bertz CT molecular complexity index is 1870. The van der Waals surface area contributed by atoms with Gasteiger partial charge in [0.25, 0.3) is 17.9 Å². The van der Waals surface area contributed by atoms with Crippen molar-refractivity contribution < 1.29 is 68.6 Å². The average molecular weight is 1430 g/mol. The largest absolute Gasteiger partial charge is 1.20 e. The molecule has 0 saturated heterocycles. The Morgan fingerprint density at radius 3 is 0.580 bits per heavy atom. The van der Waals surface area contributed by atoms with E-state index in [1.165, 1.54) is 116 Å². The van der Waals surface area contributed by atoms with Crippen LogP contribution in [0.25, 0.3) is 0 Å². The maximum Gasteiger partial charge on any atom is 1.20 e. The van der Waals surface area contributed by atoms with Crippen LogP contribution >= 0.6 is 0 Å². The Morgan fingerprint density at radius 1 is 0.250 bits per heavy atom. The van der Waals surface area contributed by atoms with Gasteiger partial charge < -0.3 is 39.8 Å². The summed E-state index contributed by atoms with van der Waals surface area (Å²) in [5, 5.41) is 0. The van der Waals surface area contributed by atoms with Gasteiger partial charge >= 0.3 is 15.1 Å². The molecular formula is C84H153AlO15. The summed E-state index contributed by atoms with van der Waals surface area (Å²) in [6, 6.07) is 0. The first-order chi connectivity index (χ1) is 47.9. The number of hydrogen-bond donors (Lipinski definition) is 0. The number of Topliss-reactive ketones (excluding diaryl/α,β-unsaturated/α-hetero) is 3. The predicted octanol–water partition coefficient (Wildman–Crippen LogP) is 23.4. The average Bonchev–Trinajstić information content (AvgIpc) is 0.834. The lowest BCUT2D eigenvalue weighted by Gasteiger charge is -2.36. The molecule has 0 saturated carbocycles. The Labute approximate surface area is 618 Å². The van der Waals surface area contributed by atoms with Crippen molar-refractivity contribution >= 4 is 50.4 Å². The van der Waals surface area contributed by atoms with Gasteiger partial charge in [-0.05, 0) is 179 Å². The van der Waals surface area contributed by atoms with Gasteiger partial charge in [-0.25, -0.2) is 0 Å². The van der Waals surface area contributed by atoms with Gasteiger partial charge in [-0.2, -0.15) is 0 Å². The third-order valence-electron chi connectivity index (χ3n) is 17.5. The minimum absolute atomic E-state index is 0.164. The number of rotatable bonds is 72. The molecule has 0 aromatic rings. The van der Waals surface area contributed by atoms with Crippen LogP contribution in [0.4, 0.5) is 0 Å². The third kappa shape index (κ3) is 52.8. The summed E-state index contributed by atoms with van der Waals surface area (Å²) in [5.74, 6) is -11.2. The van der Waals surface area contributed by atoms with Gasteiger partial charge in [0.15, 0.2) is 0 Å². The minimum atomic E-state index is -4.35. The second-order valence-electron chi connectivity index (χ2n) is 29.9. The van der Waals surface area contributed by atoms with Crippen LogP contribution in [-0.2, 0) is 68.6 Å². The van der Waals surface area contributed by atoms with Crippen molar-refractivity contribution in [2.45, 2.75) is 466 Å². The number of hydrogen-bond acceptors (Lipinski definition) is 15. The van der Waals surface area contributed by atoms with Crippen LogP contribution in [-0.4, -0.2) is 104 Å². The number of ether oxygens (including phenoxy) is 6. The Kier molecular flexibility index (Phi) is 61.3. The van der Waals surface area contributed by atoms with Gasteiger partial charge in [-0.1, -0.05) is 231 Å². The molecule has 582 valence electrons. The first kappa shape index (κ1) is 96.9. The molecule has 0 fully saturated rings. The van der Waals surface area contributed by atoms with E-state index in [4.69, 9.17) is 39.8 Å². The van der Waals surface area contributed by atoms with Crippen LogP contribution in [0, 0.1) is 0 Å². The monoisotopic (exact) mass is 1430 g/mol. The summed E-state index contributed by atoms with van der Waals surface area (Å²) in [4.78, 5) is 86.6. The molecule has 0 aromatic carbocycles. The lowest BCUT2D eigenvalue weighted by Crippen LogP contribution is -2.50. The first-order valence-corrected chi connectivity index (χ1v) is 42.5. The zero-order chi connectivity index (χ0) is 74.6. The van der Waals surface area contributed by atoms with Gasteiger partial charge in [0.1, 0.15) is 19.3 Å². The number of unbranched alkanes of at least 4 members (excludes halogenated alkanes) is 36. The number of carbonyl (C=O) groups is 6. The summed E-state index contributed by atoms with van der Waals surface area (Å²) < 4.78 is 55.2. The highest BCUT2D eigenvalue weighted by Crippen LogP contribution is 2.33. The predicted molar refractivity (Wildman–Crippen MR) is 411 cm³/mol. The van der Waals surface area contributed by atoms with E-state index in [-0.39, 0.29) is 19.3 Å². The van der Waals surface area contributed by atoms with Gasteiger partial charge in [-0.3, -0.25) is 28.8 Å². The van der Waals surface area contributed by atoms with Crippen molar-refractivity contribution in [1.82, 2.24) is 0 Å². The van der Waals surface area contributed by atoms with E-state index in [1.807, 2.05) is 0 Å². The standard InChI is InChI=1S/3C28H52O5.Al/c3*1-6-7-8-9-10-11-12-13-14-15-16-17-18-19-20-21-22-28(32-24(2)3,33-25(4)5)26(29)23-27(30)31;/h3*13-14,24-25H,6-12,15-23H2,1-5H3,(H,30,31);/q;;;+3/p-3/b3*14-13-;. The van der Waals surface area contributed by atoms with Crippen LogP contribution in [0.1, 0.15) is 412 Å². The molecule has 0 atom stereocenters. The highest BCUT2D eigenvalue weighted by molar-refractivity contribution is 6.45. The van der Waals surface area contributed by atoms with Crippen LogP contribution < -0.4 is 0 Å². The molecule has 0 radical (unpaired) electrons. The molecule has 100 heavy (non-hydrogen) atoms. The quantitative estimate of drug-likeness (QED) is 0.0184. The smallest absolute Gasteiger partial charge is 0.550 e. The lowest BCUT2D eigenvalue weighted by molar-refractivity contribution is -0.258. The second-order valence-corrected chi connectivity index (χ2v) is 31.2. The third-order valence-corrected chi connectivity index (χ3v) is 18.8. The lowest BCUT2D eigenvalue weighted by atomic mass is 9.98. The molecule has 0 N–H and O–H groups in total. The number of allylic oxidation sites excluding steroid dienone is 6. The molecule has 0 aliphatic heterocycles. The molecule has 0 spiro atoms. The molecule has 0 aliphatic carbocycles. The molecule has 15 nitrogen and oxygen atoms in total. The topological polar surface area (TPSA) is 185 Å². The van der Waals surface area contributed by atoms with E-state index in [0.717, 1.165) is 135 Å². The van der Waals surface area contributed by atoms with Gasteiger partial charge in [0.05, 0.1) is 36.6 Å². The molecular weight excluding hydrogens is 1280 g/mol. The second kappa shape index (κ2) is 63.2. The normalized spacial score (nSPS) is 12.6. The van der Waals surface area contributed by atoms with Crippen molar-refractivity contribution in [3.8, 4) is 0 Å². The van der Waals surface area contributed by atoms with Crippen molar-refractivity contribution in [2.75, 3.05) is 0 Å². The van der Waals surface area contributed by atoms with Crippen molar-refractivity contribution in [3.63, 3.8) is 0 Å². The van der Waals surface area contributed by atoms with Crippen molar-refractivity contribution in [2.24, 2.45) is 0 Å². The fourth-order valence-electron chi connectivity index (χ4n) is 12.7. The molecule has 0 aliphatic rings. The molecule has 0 bridgehead atoms. The molecule has 0 aromatic heterocycles. The summed E-state index contributed by atoms with van der Waals surface area (Å²) >= 11 is -4.35. The van der Waals surface area contributed by atoms with Gasteiger partial charge in [-0.15, -0.1) is 0 Å². The van der Waals surface area contributed by atoms with E-state index >= 15 is 0 Å². The van der Waals surface area contributed by atoms with Crippen LogP contribution in [0.2, 0.25) is 0 Å². The van der Waals surface area contributed by atoms with Crippen LogP contribution in [0.5, 0.6) is 0 Å². The van der Waals surface area contributed by atoms with Gasteiger partial charge in [0, 0.05) is 19.3 Å². The fraction of sp³-hybridized carbons (Fsp3) is 0.857. The molecule has 0 rings (SSSR count). The Hall–Kier alpha value is -3.07. The highest BCUT2D eigenvalue weighted by Gasteiger charge is 2.53. The van der Waals surface area contributed by atoms with Crippen LogP contribution in [0.15, 0.2) is 36.5 Å². The van der Waals surface area contributed by atoms with E-state index < -0.39 is 124 Å². The van der Waals surface area contributed by atoms with E-state index in [0.29, 0.717) is 19.3 Å². The minimum Gasteiger partial charge on any atom is -0.550 e. The Balaban J connectivity index is 6.62. The molecule has 0 heterocycles. The van der Waals surface area contributed by atoms with E-state index in [1.54, 1.807) is 83.1 Å². The van der Waals surface area contributed by atoms with Crippen molar-refractivity contribution in [1.29, 1.82) is 0 Å². The van der Waals surface area contributed by atoms with E-state index in [2.05, 4.69) is 57.2 Å². The zero-order valence-corrected chi connectivity index (χ0v) is 68.2. The summed E-state index contributed by atoms with van der Waals surface area (Å²) in [6.45, 7) is 28.2. The van der Waals surface area contributed by atoms with Crippen molar-refractivity contribution in [3.05, 3.63) is 36.5 Å². The summed E-state index contributed by atoms with van der Waals surface area (Å²) in [6.07, 6.45) is 55.5. The first-order valence-electron chi connectivity index (χ1n) is 41.1. The summed E-state index contributed by atoms with van der Waals surface area (Å²) in [7, 11) is 0. The number of carbonyl (C=O) groups excluding carboxylic acids is 6. The van der Waals surface area contributed by atoms with Crippen LogP contribution in [0.3, 0.4) is 0 Å². The molecule has 0 unspecified atom stereocenters. The molecule has 16 heteroatoms. The SMILES string of the molecule is CCCCCCCC/C=C\CCCCCCCCC(OC(C)C)(OC(C)C)C(=O)CC(=O)[O][Al]([O]C(=O)CC(=O)C(CCCCCCCC/C=C\CCCCCCCC)(OC(C)C)OC(C)C)[O]C(=O)CC(=O)C(CCCCCCCC/C=C\CCCCCCCC)(OC(C)C)OC(C)C. The highest BCUT2D eigenvalue weighted by atomic mass is 27.3. The number of ketones is 3. The maximum atomic E-state index is 14.6.